The van der Waals surface area contributed by atoms with E-state index in [2.05, 4.69) is 16.0 Å². The van der Waals surface area contributed by atoms with Crippen LogP contribution < -0.4 is 16.0 Å². The zero-order valence-corrected chi connectivity index (χ0v) is 17.3. The maximum absolute atomic E-state index is 12.2. The first-order chi connectivity index (χ1) is 13.3. The number of halogens is 1. The predicted molar refractivity (Wildman–Crippen MR) is 110 cm³/mol. The summed E-state index contributed by atoms with van der Waals surface area (Å²) in [6.45, 7) is 4.33. The van der Waals surface area contributed by atoms with Gasteiger partial charge in [0.15, 0.2) is 0 Å². The number of nitrogens with one attached hydrogen (secondary N) is 3. The van der Waals surface area contributed by atoms with Crippen molar-refractivity contribution in [2.45, 2.75) is 64.5 Å². The molecule has 7 heteroatoms. The molecule has 0 spiro atoms. The van der Waals surface area contributed by atoms with E-state index in [4.69, 9.17) is 11.6 Å². The predicted octanol–water partition coefficient (Wildman–Crippen LogP) is 3.05. The SMILES string of the molecule is CC(C)NC(=O)C1CCCC(NC(=O)CCCNC(=O)c2ccc(Cl)cc2)C1. The summed E-state index contributed by atoms with van der Waals surface area (Å²) in [6, 6.07) is 6.85. The largest absolute Gasteiger partial charge is 0.354 e. The molecule has 0 aromatic heterocycles. The third-order valence-electron chi connectivity index (χ3n) is 4.81. The van der Waals surface area contributed by atoms with Crippen LogP contribution in [0.4, 0.5) is 0 Å². The Morgan fingerprint density at radius 3 is 2.54 bits per heavy atom. The Hall–Kier alpha value is -2.08. The molecule has 0 aliphatic heterocycles. The van der Waals surface area contributed by atoms with Gasteiger partial charge in [0.25, 0.3) is 5.91 Å². The standard InChI is InChI=1S/C21H30ClN3O3/c1-14(2)24-21(28)16-5-3-6-18(13-16)25-19(26)7-4-12-23-20(27)15-8-10-17(22)11-9-15/h8-11,14,16,18H,3-7,12-13H2,1-2H3,(H,23,27)(H,24,28)(H,25,26). The molecule has 1 fully saturated rings. The van der Waals surface area contributed by atoms with Crippen molar-refractivity contribution in [2.24, 2.45) is 5.92 Å². The van der Waals surface area contributed by atoms with Crippen LogP contribution in [0.5, 0.6) is 0 Å². The number of amides is 3. The Kier molecular flexibility index (Phi) is 8.77. The molecule has 3 amide bonds. The van der Waals surface area contributed by atoms with Gasteiger partial charge in [0.05, 0.1) is 0 Å². The van der Waals surface area contributed by atoms with E-state index in [0.717, 1.165) is 19.3 Å². The van der Waals surface area contributed by atoms with Crippen LogP contribution in [0.1, 0.15) is 62.7 Å². The number of carbonyl (C=O) groups is 3. The van der Waals surface area contributed by atoms with Crippen LogP contribution in [0.3, 0.4) is 0 Å². The minimum absolute atomic E-state index is 0.0277. The Bertz CT molecular complexity index is 676. The van der Waals surface area contributed by atoms with Gasteiger partial charge in [-0.2, -0.15) is 0 Å². The van der Waals surface area contributed by atoms with Gasteiger partial charge < -0.3 is 16.0 Å². The van der Waals surface area contributed by atoms with E-state index >= 15 is 0 Å². The summed E-state index contributed by atoms with van der Waals surface area (Å²) >= 11 is 5.81. The molecule has 0 saturated heterocycles. The second kappa shape index (κ2) is 11.1. The number of hydrogen-bond donors (Lipinski definition) is 3. The van der Waals surface area contributed by atoms with Gasteiger partial charge in [-0.3, -0.25) is 14.4 Å². The van der Waals surface area contributed by atoms with E-state index in [1.165, 1.54) is 0 Å². The summed E-state index contributed by atoms with van der Waals surface area (Å²) in [5, 5.41) is 9.38. The molecule has 2 unspecified atom stereocenters. The monoisotopic (exact) mass is 407 g/mol. The Balaban J connectivity index is 1.66. The molecular weight excluding hydrogens is 378 g/mol. The molecule has 1 aromatic rings. The fourth-order valence-corrected chi connectivity index (χ4v) is 3.54. The number of benzene rings is 1. The molecule has 2 atom stereocenters. The van der Waals surface area contributed by atoms with E-state index in [1.807, 2.05) is 13.8 Å². The Morgan fingerprint density at radius 1 is 1.14 bits per heavy atom. The highest BCUT2D eigenvalue weighted by atomic mass is 35.5. The smallest absolute Gasteiger partial charge is 0.251 e. The molecule has 28 heavy (non-hydrogen) atoms. The maximum Gasteiger partial charge on any atom is 0.251 e. The highest BCUT2D eigenvalue weighted by molar-refractivity contribution is 6.30. The fourth-order valence-electron chi connectivity index (χ4n) is 3.42. The molecule has 0 radical (unpaired) electrons. The molecule has 154 valence electrons. The summed E-state index contributed by atoms with van der Waals surface area (Å²) in [6.07, 6.45) is 4.33. The highest BCUT2D eigenvalue weighted by Crippen LogP contribution is 2.24. The zero-order chi connectivity index (χ0) is 20.5. The summed E-state index contributed by atoms with van der Waals surface area (Å²) < 4.78 is 0. The lowest BCUT2D eigenvalue weighted by Crippen LogP contribution is -2.43. The highest BCUT2D eigenvalue weighted by Gasteiger charge is 2.28. The minimum Gasteiger partial charge on any atom is -0.354 e. The van der Waals surface area contributed by atoms with Gasteiger partial charge in [-0.05, 0) is 63.8 Å². The lowest BCUT2D eigenvalue weighted by Gasteiger charge is -2.29. The summed E-state index contributed by atoms with van der Waals surface area (Å²) in [5.41, 5.74) is 0.543. The average Bonchev–Trinajstić information content (AvgIpc) is 2.65. The van der Waals surface area contributed by atoms with Gasteiger partial charge in [0.2, 0.25) is 11.8 Å². The second-order valence-electron chi connectivity index (χ2n) is 7.66. The van der Waals surface area contributed by atoms with Crippen molar-refractivity contribution in [2.75, 3.05) is 6.54 Å². The summed E-state index contributed by atoms with van der Waals surface area (Å²) in [4.78, 5) is 36.4. The van der Waals surface area contributed by atoms with Crippen molar-refractivity contribution >= 4 is 29.3 Å². The van der Waals surface area contributed by atoms with Crippen LogP contribution in [-0.2, 0) is 9.59 Å². The van der Waals surface area contributed by atoms with E-state index in [1.54, 1.807) is 24.3 Å². The molecule has 3 N–H and O–H groups in total. The molecule has 1 aliphatic rings. The summed E-state index contributed by atoms with van der Waals surface area (Å²) in [7, 11) is 0. The van der Waals surface area contributed by atoms with Gasteiger partial charge in [-0.15, -0.1) is 0 Å². The normalized spacial score (nSPS) is 19.1. The molecule has 1 saturated carbocycles. The molecule has 2 rings (SSSR count). The molecule has 0 heterocycles. The third-order valence-corrected chi connectivity index (χ3v) is 5.07. The van der Waals surface area contributed by atoms with Crippen LogP contribution in [-0.4, -0.2) is 36.3 Å². The zero-order valence-electron chi connectivity index (χ0n) is 16.6. The second-order valence-corrected chi connectivity index (χ2v) is 8.09. The van der Waals surface area contributed by atoms with Crippen molar-refractivity contribution in [1.29, 1.82) is 0 Å². The van der Waals surface area contributed by atoms with Crippen molar-refractivity contribution in [3.05, 3.63) is 34.9 Å². The Labute approximate surface area is 171 Å². The van der Waals surface area contributed by atoms with Gasteiger partial charge in [-0.25, -0.2) is 0 Å². The minimum atomic E-state index is -0.177. The fraction of sp³-hybridized carbons (Fsp3) is 0.571. The van der Waals surface area contributed by atoms with Crippen molar-refractivity contribution in [3.8, 4) is 0 Å². The molecule has 6 nitrogen and oxygen atoms in total. The third kappa shape index (κ3) is 7.50. The first kappa shape index (κ1) is 22.2. The topological polar surface area (TPSA) is 87.3 Å². The van der Waals surface area contributed by atoms with E-state index in [9.17, 15) is 14.4 Å². The molecule has 1 aromatic carbocycles. The lowest BCUT2D eigenvalue weighted by molar-refractivity contribution is -0.128. The van der Waals surface area contributed by atoms with Crippen LogP contribution >= 0.6 is 11.6 Å². The van der Waals surface area contributed by atoms with Gasteiger partial charge in [-0.1, -0.05) is 18.0 Å². The summed E-state index contributed by atoms with van der Waals surface area (Å²) in [5.74, 6) is -0.155. The average molecular weight is 408 g/mol. The molecule has 0 bridgehead atoms. The quantitative estimate of drug-likeness (QED) is 0.579. The Morgan fingerprint density at radius 2 is 1.86 bits per heavy atom. The number of carbonyl (C=O) groups excluding carboxylic acids is 3. The number of rotatable bonds is 8. The van der Waals surface area contributed by atoms with Crippen LogP contribution in [0.15, 0.2) is 24.3 Å². The van der Waals surface area contributed by atoms with E-state index in [-0.39, 0.29) is 35.7 Å². The van der Waals surface area contributed by atoms with Gasteiger partial charge >= 0.3 is 0 Å². The van der Waals surface area contributed by atoms with Crippen LogP contribution in [0, 0.1) is 5.92 Å². The van der Waals surface area contributed by atoms with Crippen molar-refractivity contribution in [1.82, 2.24) is 16.0 Å². The van der Waals surface area contributed by atoms with Gasteiger partial charge in [0.1, 0.15) is 0 Å². The maximum atomic E-state index is 12.2. The van der Waals surface area contributed by atoms with Crippen molar-refractivity contribution < 1.29 is 14.4 Å². The first-order valence-electron chi connectivity index (χ1n) is 9.98. The first-order valence-corrected chi connectivity index (χ1v) is 10.4. The van der Waals surface area contributed by atoms with E-state index < -0.39 is 0 Å². The van der Waals surface area contributed by atoms with Gasteiger partial charge in [0, 0.05) is 41.6 Å². The van der Waals surface area contributed by atoms with Crippen molar-refractivity contribution in [3.63, 3.8) is 0 Å². The molecule has 1 aliphatic carbocycles. The van der Waals surface area contributed by atoms with Crippen LogP contribution in [0.25, 0.3) is 0 Å². The lowest BCUT2D eigenvalue weighted by atomic mass is 9.85. The van der Waals surface area contributed by atoms with E-state index in [0.29, 0.717) is 36.4 Å². The molecular formula is C21H30ClN3O3. The van der Waals surface area contributed by atoms with Crippen LogP contribution in [0.2, 0.25) is 5.02 Å². The number of hydrogen-bond acceptors (Lipinski definition) is 3.